The van der Waals surface area contributed by atoms with Crippen LogP contribution in [0.3, 0.4) is 0 Å². The Morgan fingerprint density at radius 3 is 2.67 bits per heavy atom. The SMILES string of the molecule is CC#Cc1cc2c(NC3CCC(NC)CC3F)cccc2n1CC(F)(F)F. The molecule has 2 N–H and O–H groups in total. The Labute approximate surface area is 156 Å². The summed E-state index contributed by atoms with van der Waals surface area (Å²) in [6, 6.07) is 6.55. The van der Waals surface area contributed by atoms with Gasteiger partial charge in [0, 0.05) is 17.1 Å². The van der Waals surface area contributed by atoms with Crippen molar-refractivity contribution in [3.05, 3.63) is 30.0 Å². The highest BCUT2D eigenvalue weighted by atomic mass is 19.4. The lowest BCUT2D eigenvalue weighted by molar-refractivity contribution is -0.140. The number of benzene rings is 1. The van der Waals surface area contributed by atoms with Crippen LogP contribution in [0.25, 0.3) is 10.9 Å². The Hall–Kier alpha value is -2.20. The molecule has 0 spiro atoms. The zero-order chi connectivity index (χ0) is 19.6. The number of aromatic nitrogens is 1. The number of fused-ring (bicyclic) bond motifs is 1. The minimum atomic E-state index is -4.35. The minimum Gasteiger partial charge on any atom is -0.379 e. The zero-order valence-electron chi connectivity index (χ0n) is 15.3. The quantitative estimate of drug-likeness (QED) is 0.605. The molecule has 1 heterocycles. The topological polar surface area (TPSA) is 29.0 Å². The zero-order valence-corrected chi connectivity index (χ0v) is 15.3. The molecule has 0 radical (unpaired) electrons. The first kappa shape index (κ1) is 19.6. The van der Waals surface area contributed by atoms with Gasteiger partial charge in [0.15, 0.2) is 0 Å². The second-order valence-electron chi connectivity index (χ2n) is 6.91. The number of halogens is 4. The lowest BCUT2D eigenvalue weighted by Gasteiger charge is -2.32. The van der Waals surface area contributed by atoms with E-state index >= 15 is 0 Å². The molecule has 146 valence electrons. The van der Waals surface area contributed by atoms with Gasteiger partial charge in [0.2, 0.25) is 0 Å². The molecule has 0 amide bonds. The molecular formula is C20H23F4N3. The average molecular weight is 381 g/mol. The summed E-state index contributed by atoms with van der Waals surface area (Å²) >= 11 is 0. The maximum absolute atomic E-state index is 14.5. The van der Waals surface area contributed by atoms with Crippen LogP contribution in [0.15, 0.2) is 24.3 Å². The van der Waals surface area contributed by atoms with E-state index < -0.39 is 18.9 Å². The monoisotopic (exact) mass is 381 g/mol. The van der Waals surface area contributed by atoms with E-state index in [0.717, 1.165) is 6.42 Å². The molecule has 0 aliphatic heterocycles. The van der Waals surface area contributed by atoms with Crippen LogP contribution in [0.5, 0.6) is 0 Å². The predicted molar refractivity (Wildman–Crippen MR) is 99.6 cm³/mol. The molecule has 27 heavy (non-hydrogen) atoms. The summed E-state index contributed by atoms with van der Waals surface area (Å²) in [5.41, 5.74) is 1.38. The summed E-state index contributed by atoms with van der Waals surface area (Å²) in [5.74, 6) is 5.41. The van der Waals surface area contributed by atoms with E-state index in [9.17, 15) is 17.6 Å². The Morgan fingerprint density at radius 1 is 1.26 bits per heavy atom. The van der Waals surface area contributed by atoms with E-state index in [2.05, 4.69) is 22.5 Å². The molecule has 1 aliphatic rings. The van der Waals surface area contributed by atoms with Crippen LogP contribution in [0.4, 0.5) is 23.2 Å². The molecule has 1 saturated carbocycles. The van der Waals surface area contributed by atoms with Crippen molar-refractivity contribution in [2.75, 3.05) is 12.4 Å². The maximum Gasteiger partial charge on any atom is 0.406 e. The molecule has 3 unspecified atom stereocenters. The Morgan fingerprint density at radius 2 is 2.04 bits per heavy atom. The van der Waals surface area contributed by atoms with Gasteiger partial charge in [-0.3, -0.25) is 0 Å². The molecule has 3 atom stereocenters. The highest BCUT2D eigenvalue weighted by Gasteiger charge is 2.32. The van der Waals surface area contributed by atoms with E-state index in [1.807, 2.05) is 7.05 Å². The van der Waals surface area contributed by atoms with Crippen molar-refractivity contribution < 1.29 is 17.6 Å². The second kappa shape index (κ2) is 7.81. The van der Waals surface area contributed by atoms with Crippen molar-refractivity contribution >= 4 is 16.6 Å². The summed E-state index contributed by atoms with van der Waals surface area (Å²) in [6.45, 7) is 0.478. The minimum absolute atomic E-state index is 0.160. The van der Waals surface area contributed by atoms with Crippen molar-refractivity contribution in [3.63, 3.8) is 0 Å². The van der Waals surface area contributed by atoms with Gasteiger partial charge >= 0.3 is 6.18 Å². The molecule has 3 nitrogen and oxygen atoms in total. The Kier molecular flexibility index (Phi) is 5.66. The maximum atomic E-state index is 14.5. The van der Waals surface area contributed by atoms with Gasteiger partial charge in [0.1, 0.15) is 12.7 Å². The van der Waals surface area contributed by atoms with Gasteiger partial charge in [-0.1, -0.05) is 12.0 Å². The van der Waals surface area contributed by atoms with Gasteiger partial charge in [0.05, 0.1) is 17.3 Å². The number of hydrogen-bond acceptors (Lipinski definition) is 2. The number of nitrogens with zero attached hydrogens (tertiary/aromatic N) is 1. The molecule has 1 fully saturated rings. The molecule has 7 heteroatoms. The number of rotatable bonds is 4. The lowest BCUT2D eigenvalue weighted by atomic mass is 9.89. The van der Waals surface area contributed by atoms with Gasteiger partial charge in [-0.05, 0) is 57.4 Å². The van der Waals surface area contributed by atoms with E-state index in [4.69, 9.17) is 0 Å². The third-order valence-corrected chi connectivity index (χ3v) is 5.06. The Balaban J connectivity index is 1.95. The van der Waals surface area contributed by atoms with Gasteiger partial charge < -0.3 is 15.2 Å². The summed E-state index contributed by atoms with van der Waals surface area (Å²) < 4.78 is 54.8. The number of alkyl halides is 4. The van der Waals surface area contributed by atoms with Gasteiger partial charge in [-0.15, -0.1) is 0 Å². The molecule has 1 aromatic heterocycles. The first-order valence-corrected chi connectivity index (χ1v) is 9.02. The smallest absolute Gasteiger partial charge is 0.379 e. The van der Waals surface area contributed by atoms with Crippen LogP contribution in [-0.4, -0.2) is 36.0 Å². The lowest BCUT2D eigenvalue weighted by Crippen LogP contribution is -2.42. The van der Waals surface area contributed by atoms with Crippen molar-refractivity contribution in [2.45, 2.75) is 57.2 Å². The van der Waals surface area contributed by atoms with Crippen molar-refractivity contribution in [2.24, 2.45) is 0 Å². The first-order valence-electron chi connectivity index (χ1n) is 9.02. The van der Waals surface area contributed by atoms with Crippen LogP contribution in [0, 0.1) is 11.8 Å². The van der Waals surface area contributed by atoms with Crippen LogP contribution in [0.2, 0.25) is 0 Å². The fraction of sp³-hybridized carbons (Fsp3) is 0.500. The fourth-order valence-electron chi connectivity index (χ4n) is 3.73. The molecule has 1 aliphatic carbocycles. The van der Waals surface area contributed by atoms with Crippen LogP contribution in [0.1, 0.15) is 31.9 Å². The third kappa shape index (κ3) is 4.38. The standard InChI is InChI=1S/C20H23F4N3/c1-3-5-14-11-15-17(26-18-9-8-13(25-2)10-16(18)21)6-4-7-19(15)27(14)12-20(22,23)24/h4,6-7,11,13,16,18,25-26H,8-10,12H2,1-2H3. The highest BCUT2D eigenvalue weighted by Crippen LogP contribution is 2.32. The number of nitrogens with one attached hydrogen (secondary N) is 2. The third-order valence-electron chi connectivity index (χ3n) is 5.06. The fourth-order valence-corrected chi connectivity index (χ4v) is 3.73. The van der Waals surface area contributed by atoms with Gasteiger partial charge in [-0.2, -0.15) is 13.2 Å². The molecule has 0 saturated heterocycles. The molecule has 2 aromatic rings. The van der Waals surface area contributed by atoms with E-state index in [0.29, 0.717) is 35.1 Å². The second-order valence-corrected chi connectivity index (χ2v) is 6.91. The highest BCUT2D eigenvalue weighted by molar-refractivity contribution is 5.94. The van der Waals surface area contributed by atoms with E-state index in [1.165, 1.54) is 4.57 Å². The van der Waals surface area contributed by atoms with Crippen LogP contribution < -0.4 is 10.6 Å². The van der Waals surface area contributed by atoms with Crippen molar-refractivity contribution in [1.82, 2.24) is 9.88 Å². The molecular weight excluding hydrogens is 358 g/mol. The molecule has 3 rings (SSSR count). The molecule has 1 aromatic carbocycles. The van der Waals surface area contributed by atoms with Crippen LogP contribution in [-0.2, 0) is 6.54 Å². The van der Waals surface area contributed by atoms with Crippen molar-refractivity contribution in [1.29, 1.82) is 0 Å². The normalized spacial score (nSPS) is 23.1. The summed E-state index contributed by atoms with van der Waals surface area (Å²) in [4.78, 5) is 0. The van der Waals surface area contributed by atoms with Crippen LogP contribution >= 0.6 is 0 Å². The van der Waals surface area contributed by atoms with Crippen molar-refractivity contribution in [3.8, 4) is 11.8 Å². The number of anilines is 1. The number of hydrogen-bond donors (Lipinski definition) is 2. The van der Waals surface area contributed by atoms with Gasteiger partial charge in [0.25, 0.3) is 0 Å². The predicted octanol–water partition coefficient (Wildman–Crippen LogP) is 4.47. The largest absolute Gasteiger partial charge is 0.406 e. The summed E-state index contributed by atoms with van der Waals surface area (Å²) in [5, 5.41) is 6.95. The summed E-state index contributed by atoms with van der Waals surface area (Å²) in [6.07, 6.45) is -3.43. The van der Waals surface area contributed by atoms with Gasteiger partial charge in [-0.25, -0.2) is 4.39 Å². The van der Waals surface area contributed by atoms with E-state index in [1.54, 1.807) is 31.2 Å². The first-order chi connectivity index (χ1) is 12.8. The van der Waals surface area contributed by atoms with E-state index in [-0.39, 0.29) is 12.1 Å². The average Bonchev–Trinajstić information content (AvgIpc) is 2.94. The summed E-state index contributed by atoms with van der Waals surface area (Å²) in [7, 11) is 1.82. The molecule has 0 bridgehead atoms. The Bertz CT molecular complexity index is 860.